The lowest BCUT2D eigenvalue weighted by Gasteiger charge is -2.05. The summed E-state index contributed by atoms with van der Waals surface area (Å²) < 4.78 is 2.12. The zero-order valence-corrected chi connectivity index (χ0v) is 9.95. The minimum absolute atomic E-state index is 0.242. The highest BCUT2D eigenvalue weighted by Gasteiger charge is 2.05. The SMILES string of the molecule is Oc1cncc2c1ccn2CCc1ccccc1. The molecule has 0 bridgehead atoms. The molecule has 3 nitrogen and oxygen atoms in total. The molecule has 0 radical (unpaired) electrons. The molecule has 2 aromatic heterocycles. The normalized spacial score (nSPS) is 10.9. The quantitative estimate of drug-likeness (QED) is 0.761. The summed E-state index contributed by atoms with van der Waals surface area (Å²) >= 11 is 0. The van der Waals surface area contributed by atoms with Crippen molar-refractivity contribution < 1.29 is 5.11 Å². The standard InChI is InChI=1S/C15H14N2O/c18-15-11-16-10-14-13(15)7-9-17(14)8-6-12-4-2-1-3-5-12/h1-5,7,9-11,18H,6,8H2. The van der Waals surface area contributed by atoms with E-state index in [1.54, 1.807) is 6.20 Å². The van der Waals surface area contributed by atoms with Gasteiger partial charge < -0.3 is 9.67 Å². The van der Waals surface area contributed by atoms with E-state index in [0.717, 1.165) is 23.9 Å². The van der Waals surface area contributed by atoms with Gasteiger partial charge >= 0.3 is 0 Å². The highest BCUT2D eigenvalue weighted by Crippen LogP contribution is 2.23. The molecule has 90 valence electrons. The molecule has 0 unspecified atom stereocenters. The maximum Gasteiger partial charge on any atom is 0.143 e. The maximum absolute atomic E-state index is 9.69. The Labute approximate surface area is 105 Å². The van der Waals surface area contributed by atoms with Crippen molar-refractivity contribution in [1.82, 2.24) is 9.55 Å². The summed E-state index contributed by atoms with van der Waals surface area (Å²) in [6.07, 6.45) is 6.24. The summed E-state index contributed by atoms with van der Waals surface area (Å²) in [7, 11) is 0. The van der Waals surface area contributed by atoms with Crippen LogP contribution in [0.2, 0.25) is 0 Å². The van der Waals surface area contributed by atoms with Crippen LogP contribution in [-0.2, 0) is 13.0 Å². The van der Waals surface area contributed by atoms with Gasteiger partial charge in [-0.15, -0.1) is 0 Å². The predicted octanol–water partition coefficient (Wildman–Crippen LogP) is 2.98. The number of fused-ring (bicyclic) bond motifs is 1. The van der Waals surface area contributed by atoms with E-state index in [9.17, 15) is 5.11 Å². The third-order valence-electron chi connectivity index (χ3n) is 3.16. The first-order valence-electron chi connectivity index (χ1n) is 6.00. The molecule has 0 saturated carbocycles. The van der Waals surface area contributed by atoms with Crippen molar-refractivity contribution in [3.05, 3.63) is 60.6 Å². The number of hydrogen-bond acceptors (Lipinski definition) is 2. The Balaban J connectivity index is 1.85. The molecule has 0 saturated heterocycles. The van der Waals surface area contributed by atoms with Gasteiger partial charge in [0.25, 0.3) is 0 Å². The summed E-state index contributed by atoms with van der Waals surface area (Å²) in [5.41, 5.74) is 2.29. The van der Waals surface area contributed by atoms with E-state index in [4.69, 9.17) is 0 Å². The summed E-state index contributed by atoms with van der Waals surface area (Å²) in [4.78, 5) is 4.03. The Kier molecular flexibility index (Phi) is 2.73. The van der Waals surface area contributed by atoms with Gasteiger partial charge in [-0.1, -0.05) is 30.3 Å². The summed E-state index contributed by atoms with van der Waals surface area (Å²) in [6, 6.07) is 12.3. The first-order chi connectivity index (χ1) is 8.84. The van der Waals surface area contributed by atoms with Gasteiger partial charge in [-0.25, -0.2) is 0 Å². The molecule has 0 aliphatic heterocycles. The number of rotatable bonds is 3. The summed E-state index contributed by atoms with van der Waals surface area (Å²) in [5, 5.41) is 10.6. The van der Waals surface area contributed by atoms with Gasteiger partial charge in [-0.2, -0.15) is 0 Å². The van der Waals surface area contributed by atoms with Crippen LogP contribution in [-0.4, -0.2) is 14.7 Å². The number of aromatic nitrogens is 2. The molecule has 0 atom stereocenters. The monoisotopic (exact) mass is 238 g/mol. The largest absolute Gasteiger partial charge is 0.506 e. The van der Waals surface area contributed by atoms with Crippen LogP contribution in [0.25, 0.3) is 10.9 Å². The minimum atomic E-state index is 0.242. The topological polar surface area (TPSA) is 38.1 Å². The van der Waals surface area contributed by atoms with Crippen molar-refractivity contribution in [2.75, 3.05) is 0 Å². The third kappa shape index (κ3) is 1.95. The number of aromatic hydroxyl groups is 1. The molecule has 0 aliphatic rings. The van der Waals surface area contributed by atoms with Crippen molar-refractivity contribution in [3.8, 4) is 5.75 Å². The van der Waals surface area contributed by atoms with Crippen molar-refractivity contribution in [2.45, 2.75) is 13.0 Å². The molecular formula is C15H14N2O. The van der Waals surface area contributed by atoms with Crippen LogP contribution in [0.3, 0.4) is 0 Å². The van der Waals surface area contributed by atoms with E-state index in [2.05, 4.69) is 33.8 Å². The number of benzene rings is 1. The molecule has 0 spiro atoms. The smallest absolute Gasteiger partial charge is 0.143 e. The predicted molar refractivity (Wildman–Crippen MR) is 71.5 cm³/mol. The average Bonchev–Trinajstić information content (AvgIpc) is 2.82. The van der Waals surface area contributed by atoms with Crippen LogP contribution in [0, 0.1) is 0 Å². The van der Waals surface area contributed by atoms with Crippen molar-refractivity contribution >= 4 is 10.9 Å². The third-order valence-corrected chi connectivity index (χ3v) is 3.16. The molecule has 2 heterocycles. The van der Waals surface area contributed by atoms with E-state index in [1.807, 2.05) is 18.3 Å². The van der Waals surface area contributed by atoms with Gasteiger partial charge in [0.05, 0.1) is 17.9 Å². The van der Waals surface area contributed by atoms with Crippen LogP contribution in [0.1, 0.15) is 5.56 Å². The number of aryl methyl sites for hydroxylation is 2. The van der Waals surface area contributed by atoms with Crippen LogP contribution in [0.4, 0.5) is 0 Å². The van der Waals surface area contributed by atoms with Crippen molar-refractivity contribution in [3.63, 3.8) is 0 Å². The zero-order chi connectivity index (χ0) is 12.4. The first-order valence-corrected chi connectivity index (χ1v) is 6.00. The molecule has 0 fully saturated rings. The molecule has 0 amide bonds. The van der Waals surface area contributed by atoms with Gasteiger partial charge in [0.15, 0.2) is 0 Å². The molecule has 18 heavy (non-hydrogen) atoms. The Morgan fingerprint density at radius 1 is 1.06 bits per heavy atom. The van der Waals surface area contributed by atoms with E-state index < -0.39 is 0 Å². The van der Waals surface area contributed by atoms with Gasteiger partial charge in [-0.05, 0) is 18.1 Å². The minimum Gasteiger partial charge on any atom is -0.506 e. The van der Waals surface area contributed by atoms with Crippen LogP contribution >= 0.6 is 0 Å². The molecule has 3 heteroatoms. The molecule has 3 rings (SSSR count). The fraction of sp³-hybridized carbons (Fsp3) is 0.133. The second kappa shape index (κ2) is 4.53. The Hall–Kier alpha value is -2.29. The van der Waals surface area contributed by atoms with E-state index >= 15 is 0 Å². The Bertz CT molecular complexity index is 659. The van der Waals surface area contributed by atoms with E-state index in [1.165, 1.54) is 11.8 Å². The van der Waals surface area contributed by atoms with Gasteiger partial charge in [0.2, 0.25) is 0 Å². The molecule has 1 aromatic carbocycles. The number of hydrogen-bond donors (Lipinski definition) is 1. The average molecular weight is 238 g/mol. The first kappa shape index (κ1) is 10.8. The molecule has 0 aliphatic carbocycles. The van der Waals surface area contributed by atoms with E-state index in [0.29, 0.717) is 0 Å². The lowest BCUT2D eigenvalue weighted by atomic mass is 10.1. The lowest BCUT2D eigenvalue weighted by Crippen LogP contribution is -1.99. The van der Waals surface area contributed by atoms with Crippen LogP contribution in [0.5, 0.6) is 5.75 Å². The van der Waals surface area contributed by atoms with Crippen molar-refractivity contribution in [1.29, 1.82) is 0 Å². The highest BCUT2D eigenvalue weighted by molar-refractivity contribution is 5.84. The highest BCUT2D eigenvalue weighted by atomic mass is 16.3. The number of pyridine rings is 1. The molecule has 3 aromatic rings. The van der Waals surface area contributed by atoms with Gasteiger partial charge in [0.1, 0.15) is 5.75 Å². The summed E-state index contributed by atoms with van der Waals surface area (Å²) in [5.74, 6) is 0.242. The Morgan fingerprint density at radius 3 is 2.72 bits per heavy atom. The Morgan fingerprint density at radius 2 is 1.89 bits per heavy atom. The van der Waals surface area contributed by atoms with Crippen molar-refractivity contribution in [2.24, 2.45) is 0 Å². The fourth-order valence-electron chi connectivity index (χ4n) is 2.18. The molecule has 1 N–H and O–H groups in total. The summed E-state index contributed by atoms with van der Waals surface area (Å²) in [6.45, 7) is 0.888. The van der Waals surface area contributed by atoms with Crippen LogP contribution < -0.4 is 0 Å². The second-order valence-electron chi connectivity index (χ2n) is 4.34. The zero-order valence-electron chi connectivity index (χ0n) is 9.95. The number of nitrogens with zero attached hydrogens (tertiary/aromatic N) is 2. The fourth-order valence-corrected chi connectivity index (χ4v) is 2.18. The van der Waals surface area contributed by atoms with Crippen LogP contribution in [0.15, 0.2) is 55.0 Å². The van der Waals surface area contributed by atoms with Gasteiger partial charge in [0, 0.05) is 18.1 Å². The van der Waals surface area contributed by atoms with E-state index in [-0.39, 0.29) is 5.75 Å². The lowest BCUT2D eigenvalue weighted by molar-refractivity contribution is 0.479. The second-order valence-corrected chi connectivity index (χ2v) is 4.34. The maximum atomic E-state index is 9.69. The van der Waals surface area contributed by atoms with Gasteiger partial charge in [-0.3, -0.25) is 4.98 Å². The molecular weight excluding hydrogens is 224 g/mol.